The molecule has 0 saturated carbocycles. The molecule has 1 rings (SSSR count). The average molecular weight is 200 g/mol. The molecule has 4 nitrogen and oxygen atoms in total. The molecule has 1 aliphatic rings. The van der Waals surface area contributed by atoms with Crippen molar-refractivity contribution in [3.63, 3.8) is 0 Å². The Morgan fingerprint density at radius 1 is 1.55 bits per heavy atom. The van der Waals surface area contributed by atoms with Gasteiger partial charge in [0.25, 0.3) is 0 Å². The van der Waals surface area contributed by atoms with Gasteiger partial charge in [-0.3, -0.25) is 4.57 Å². The number of halogens is 1. The number of nitrogens with zero attached hydrogens (tertiary/aromatic N) is 1. The number of hydrogen-bond acceptors (Lipinski definition) is 4. The summed E-state index contributed by atoms with van der Waals surface area (Å²) in [5.41, 5.74) is 0. The van der Waals surface area contributed by atoms with E-state index in [1.54, 1.807) is 5.06 Å². The minimum Gasteiger partial charge on any atom is -0.379 e. The lowest BCUT2D eigenvalue weighted by Crippen LogP contribution is -2.35. The predicted octanol–water partition coefficient (Wildman–Crippen LogP) is 1.31. The SMILES string of the molecule is CP(=O)(Cl)ON1CCOCC1. The Labute approximate surface area is 70.6 Å². The molecule has 0 bridgehead atoms. The van der Waals surface area contributed by atoms with Crippen LogP contribution in [0, 0.1) is 0 Å². The maximum absolute atomic E-state index is 10.9. The van der Waals surface area contributed by atoms with Gasteiger partial charge in [0.15, 0.2) is 0 Å². The fourth-order valence-corrected chi connectivity index (χ4v) is 1.67. The van der Waals surface area contributed by atoms with Crippen molar-refractivity contribution in [2.75, 3.05) is 33.0 Å². The van der Waals surface area contributed by atoms with Gasteiger partial charge < -0.3 is 4.74 Å². The Morgan fingerprint density at radius 2 is 2.09 bits per heavy atom. The second kappa shape index (κ2) is 3.87. The third kappa shape index (κ3) is 4.09. The van der Waals surface area contributed by atoms with Crippen molar-refractivity contribution in [1.29, 1.82) is 0 Å². The van der Waals surface area contributed by atoms with E-state index in [1.807, 2.05) is 0 Å². The van der Waals surface area contributed by atoms with Crippen molar-refractivity contribution in [3.8, 4) is 0 Å². The van der Waals surface area contributed by atoms with Gasteiger partial charge >= 0.3 is 6.72 Å². The maximum Gasteiger partial charge on any atom is 0.303 e. The molecule has 1 aliphatic heterocycles. The van der Waals surface area contributed by atoms with Crippen LogP contribution in [0.2, 0.25) is 0 Å². The Kier molecular flexibility index (Phi) is 3.34. The summed E-state index contributed by atoms with van der Waals surface area (Å²) in [6.07, 6.45) is 0. The van der Waals surface area contributed by atoms with E-state index in [0.29, 0.717) is 26.3 Å². The first-order chi connectivity index (χ1) is 5.08. The van der Waals surface area contributed by atoms with Crippen molar-refractivity contribution in [2.45, 2.75) is 0 Å². The first kappa shape index (κ1) is 9.49. The zero-order valence-electron chi connectivity index (χ0n) is 6.33. The minimum absolute atomic E-state index is 0.608. The van der Waals surface area contributed by atoms with Crippen LogP contribution in [0.1, 0.15) is 0 Å². The van der Waals surface area contributed by atoms with Gasteiger partial charge in [0.1, 0.15) is 0 Å². The van der Waals surface area contributed by atoms with Crippen molar-refractivity contribution in [3.05, 3.63) is 0 Å². The van der Waals surface area contributed by atoms with Gasteiger partial charge in [-0.05, 0) is 11.2 Å². The van der Waals surface area contributed by atoms with Crippen LogP contribution in [0.4, 0.5) is 0 Å². The monoisotopic (exact) mass is 199 g/mol. The van der Waals surface area contributed by atoms with Crippen LogP contribution in [-0.2, 0) is 13.9 Å². The molecule has 1 atom stereocenters. The summed E-state index contributed by atoms with van der Waals surface area (Å²) in [6, 6.07) is 0. The van der Waals surface area contributed by atoms with Crippen LogP contribution < -0.4 is 0 Å². The predicted molar refractivity (Wildman–Crippen MR) is 42.9 cm³/mol. The molecule has 0 aromatic heterocycles. The molecule has 6 heteroatoms. The van der Waals surface area contributed by atoms with Crippen LogP contribution in [0.3, 0.4) is 0 Å². The number of rotatable bonds is 2. The highest BCUT2D eigenvalue weighted by Crippen LogP contribution is 2.48. The summed E-state index contributed by atoms with van der Waals surface area (Å²) in [5.74, 6) is 0. The highest BCUT2D eigenvalue weighted by molar-refractivity contribution is 7.84. The van der Waals surface area contributed by atoms with Gasteiger partial charge in [0.2, 0.25) is 0 Å². The molecule has 0 aliphatic carbocycles. The van der Waals surface area contributed by atoms with Crippen molar-refractivity contribution < 1.29 is 13.9 Å². The van der Waals surface area contributed by atoms with E-state index < -0.39 is 6.72 Å². The molecule has 1 fully saturated rings. The van der Waals surface area contributed by atoms with Crippen LogP contribution in [-0.4, -0.2) is 38.0 Å². The molecule has 0 amide bonds. The molecule has 1 heterocycles. The lowest BCUT2D eigenvalue weighted by Gasteiger charge is -2.26. The summed E-state index contributed by atoms with van der Waals surface area (Å²) in [4.78, 5) is 0. The Balaban J connectivity index is 2.30. The maximum atomic E-state index is 10.9. The fraction of sp³-hybridized carbons (Fsp3) is 1.00. The van der Waals surface area contributed by atoms with E-state index in [1.165, 1.54) is 6.66 Å². The van der Waals surface area contributed by atoms with E-state index in [-0.39, 0.29) is 0 Å². The highest BCUT2D eigenvalue weighted by atomic mass is 35.7. The first-order valence-electron chi connectivity index (χ1n) is 3.37. The average Bonchev–Trinajstić information content (AvgIpc) is 1.85. The Hall–Kier alpha value is 0.400. The molecule has 0 aromatic rings. The van der Waals surface area contributed by atoms with Gasteiger partial charge in [0, 0.05) is 19.8 Å². The molecule has 66 valence electrons. The van der Waals surface area contributed by atoms with Crippen LogP contribution >= 0.6 is 18.0 Å². The molecular weight excluding hydrogens is 188 g/mol. The largest absolute Gasteiger partial charge is 0.379 e. The third-order valence-electron chi connectivity index (χ3n) is 1.23. The normalized spacial score (nSPS) is 26.4. The second-order valence-corrected chi connectivity index (χ2v) is 5.87. The van der Waals surface area contributed by atoms with Crippen LogP contribution in [0.5, 0.6) is 0 Å². The summed E-state index contributed by atoms with van der Waals surface area (Å²) < 4.78 is 21.0. The number of ether oxygens (including phenoxy) is 1. The third-order valence-corrected chi connectivity index (χ3v) is 1.94. The topological polar surface area (TPSA) is 38.8 Å². The standard InChI is InChI=1S/C5H11ClNO3P/c1-11(6,8)10-7-2-4-9-5-3-7/h2-5H2,1H3. The van der Waals surface area contributed by atoms with Crippen molar-refractivity contribution in [2.24, 2.45) is 0 Å². The molecule has 1 unspecified atom stereocenters. The minimum atomic E-state index is -2.89. The van der Waals surface area contributed by atoms with Crippen LogP contribution in [0.15, 0.2) is 0 Å². The number of morpholine rings is 1. The molecular formula is C5H11ClNO3P. The zero-order valence-corrected chi connectivity index (χ0v) is 7.98. The second-order valence-electron chi connectivity index (χ2n) is 2.37. The highest BCUT2D eigenvalue weighted by Gasteiger charge is 2.19. The molecule has 0 N–H and O–H groups in total. The van der Waals surface area contributed by atoms with Gasteiger partial charge in [-0.2, -0.15) is 5.06 Å². The van der Waals surface area contributed by atoms with Crippen molar-refractivity contribution >= 4 is 18.0 Å². The van der Waals surface area contributed by atoms with E-state index in [2.05, 4.69) is 0 Å². The van der Waals surface area contributed by atoms with E-state index in [0.717, 1.165) is 0 Å². The van der Waals surface area contributed by atoms with Crippen molar-refractivity contribution in [1.82, 2.24) is 5.06 Å². The lowest BCUT2D eigenvalue weighted by atomic mass is 10.5. The fourth-order valence-electron chi connectivity index (χ4n) is 0.835. The van der Waals surface area contributed by atoms with E-state index in [9.17, 15) is 4.57 Å². The number of hydroxylamine groups is 2. The molecule has 0 spiro atoms. The van der Waals surface area contributed by atoms with E-state index >= 15 is 0 Å². The molecule has 0 radical (unpaired) electrons. The zero-order chi connectivity index (χ0) is 8.32. The summed E-state index contributed by atoms with van der Waals surface area (Å²) in [5, 5.41) is 1.58. The van der Waals surface area contributed by atoms with Gasteiger partial charge in [-0.1, -0.05) is 0 Å². The molecule has 0 aromatic carbocycles. The quantitative estimate of drug-likeness (QED) is 0.629. The summed E-state index contributed by atoms with van der Waals surface area (Å²) >= 11 is 5.42. The van der Waals surface area contributed by atoms with Gasteiger partial charge in [0.05, 0.1) is 13.2 Å². The Morgan fingerprint density at radius 3 is 2.55 bits per heavy atom. The first-order valence-corrected chi connectivity index (χ1v) is 6.35. The summed E-state index contributed by atoms with van der Waals surface area (Å²) in [6.45, 7) is 0.962. The molecule has 1 saturated heterocycles. The van der Waals surface area contributed by atoms with E-state index in [4.69, 9.17) is 20.6 Å². The molecule has 11 heavy (non-hydrogen) atoms. The smallest absolute Gasteiger partial charge is 0.303 e. The van der Waals surface area contributed by atoms with Gasteiger partial charge in [-0.15, -0.1) is 0 Å². The summed E-state index contributed by atoms with van der Waals surface area (Å²) in [7, 11) is 0. The van der Waals surface area contributed by atoms with Crippen LogP contribution in [0.25, 0.3) is 0 Å². The lowest BCUT2D eigenvalue weighted by molar-refractivity contribution is -0.114. The Bertz CT molecular complexity index is 165. The van der Waals surface area contributed by atoms with Gasteiger partial charge in [-0.25, -0.2) is 4.62 Å². The number of hydrogen-bond donors (Lipinski definition) is 0.